The number of carbonyl (C=O) groups excluding carboxylic acids is 1. The predicted molar refractivity (Wildman–Crippen MR) is 88.7 cm³/mol. The minimum Gasteiger partial charge on any atom is -0.462 e. The molecule has 2 aromatic carbocycles. The van der Waals surface area contributed by atoms with Gasteiger partial charge in [-0.2, -0.15) is 0 Å². The standard InChI is InChI=1S/C19H17NO3/c1-2-22-19(21)18-13-20-12-17(18)14-8-10-16(11-9-14)23-15-6-4-3-5-7-15/h3-13,20H,2H2,1H3. The monoisotopic (exact) mass is 307 g/mol. The van der Waals surface area contributed by atoms with Crippen LogP contribution >= 0.6 is 0 Å². The van der Waals surface area contributed by atoms with E-state index in [0.717, 1.165) is 22.6 Å². The van der Waals surface area contributed by atoms with Gasteiger partial charge < -0.3 is 14.5 Å². The number of ether oxygens (including phenoxy) is 2. The summed E-state index contributed by atoms with van der Waals surface area (Å²) < 4.78 is 10.8. The van der Waals surface area contributed by atoms with E-state index >= 15 is 0 Å². The van der Waals surface area contributed by atoms with Crippen molar-refractivity contribution in [1.29, 1.82) is 0 Å². The Kier molecular flexibility index (Phi) is 4.43. The number of aromatic amines is 1. The maximum Gasteiger partial charge on any atom is 0.340 e. The summed E-state index contributed by atoms with van der Waals surface area (Å²) in [5.41, 5.74) is 2.27. The van der Waals surface area contributed by atoms with Gasteiger partial charge >= 0.3 is 5.97 Å². The lowest BCUT2D eigenvalue weighted by Gasteiger charge is -2.07. The molecule has 0 radical (unpaired) electrons. The highest BCUT2D eigenvalue weighted by Crippen LogP contribution is 2.28. The Morgan fingerprint density at radius 3 is 2.35 bits per heavy atom. The first kappa shape index (κ1) is 14.9. The number of H-pyrrole nitrogens is 1. The predicted octanol–water partition coefficient (Wildman–Crippen LogP) is 4.65. The van der Waals surface area contributed by atoms with Crippen molar-refractivity contribution in [2.24, 2.45) is 0 Å². The minimum absolute atomic E-state index is 0.326. The van der Waals surface area contributed by atoms with Gasteiger partial charge in [-0.15, -0.1) is 0 Å². The first-order chi connectivity index (χ1) is 11.3. The fourth-order valence-corrected chi connectivity index (χ4v) is 2.31. The van der Waals surface area contributed by atoms with Crippen LogP contribution < -0.4 is 4.74 Å². The fraction of sp³-hybridized carbons (Fsp3) is 0.105. The third-order valence-electron chi connectivity index (χ3n) is 3.39. The average molecular weight is 307 g/mol. The van der Waals surface area contributed by atoms with Gasteiger partial charge in [0, 0.05) is 18.0 Å². The first-order valence-corrected chi connectivity index (χ1v) is 7.45. The molecule has 0 saturated carbocycles. The van der Waals surface area contributed by atoms with Crippen LogP contribution in [0.2, 0.25) is 0 Å². The Morgan fingerprint density at radius 2 is 1.65 bits per heavy atom. The van der Waals surface area contributed by atoms with Crippen molar-refractivity contribution >= 4 is 5.97 Å². The molecule has 1 aromatic heterocycles. The second kappa shape index (κ2) is 6.83. The molecular formula is C19H17NO3. The number of para-hydroxylation sites is 1. The molecular weight excluding hydrogens is 290 g/mol. The summed E-state index contributed by atoms with van der Waals surface area (Å²) >= 11 is 0. The second-order valence-electron chi connectivity index (χ2n) is 4.94. The Morgan fingerprint density at radius 1 is 0.957 bits per heavy atom. The lowest BCUT2D eigenvalue weighted by molar-refractivity contribution is 0.0527. The summed E-state index contributed by atoms with van der Waals surface area (Å²) in [6.07, 6.45) is 3.45. The Labute approximate surface area is 134 Å². The second-order valence-corrected chi connectivity index (χ2v) is 4.94. The molecule has 0 atom stereocenters. The molecule has 0 amide bonds. The largest absolute Gasteiger partial charge is 0.462 e. The highest BCUT2D eigenvalue weighted by molar-refractivity contribution is 5.97. The molecule has 1 N–H and O–H groups in total. The lowest BCUT2D eigenvalue weighted by Crippen LogP contribution is -2.04. The Balaban J connectivity index is 1.80. The number of carbonyl (C=O) groups is 1. The molecule has 1 heterocycles. The maximum absolute atomic E-state index is 11.9. The van der Waals surface area contributed by atoms with Crippen LogP contribution in [-0.4, -0.2) is 17.6 Å². The summed E-state index contributed by atoms with van der Waals surface area (Å²) in [5, 5.41) is 0. The van der Waals surface area contributed by atoms with E-state index in [4.69, 9.17) is 9.47 Å². The summed E-state index contributed by atoms with van der Waals surface area (Å²) in [4.78, 5) is 14.9. The zero-order chi connectivity index (χ0) is 16.1. The van der Waals surface area contributed by atoms with Crippen molar-refractivity contribution in [2.75, 3.05) is 6.61 Å². The van der Waals surface area contributed by atoms with Crippen LogP contribution in [0.1, 0.15) is 17.3 Å². The van der Waals surface area contributed by atoms with E-state index in [-0.39, 0.29) is 5.97 Å². The van der Waals surface area contributed by atoms with Crippen LogP contribution in [0.3, 0.4) is 0 Å². The van der Waals surface area contributed by atoms with Crippen molar-refractivity contribution in [1.82, 2.24) is 4.98 Å². The van der Waals surface area contributed by atoms with E-state index < -0.39 is 0 Å². The van der Waals surface area contributed by atoms with Crippen LogP contribution in [0.15, 0.2) is 67.0 Å². The first-order valence-electron chi connectivity index (χ1n) is 7.45. The molecule has 0 aliphatic rings. The van der Waals surface area contributed by atoms with Gasteiger partial charge in [0.15, 0.2) is 0 Å². The Bertz CT molecular complexity index is 776. The number of aromatic nitrogens is 1. The fourth-order valence-electron chi connectivity index (χ4n) is 2.31. The molecule has 0 unspecified atom stereocenters. The molecule has 0 spiro atoms. The van der Waals surface area contributed by atoms with E-state index in [1.54, 1.807) is 19.3 Å². The molecule has 116 valence electrons. The van der Waals surface area contributed by atoms with Gasteiger partial charge in [0.05, 0.1) is 12.2 Å². The van der Waals surface area contributed by atoms with Crippen molar-refractivity contribution in [3.8, 4) is 22.6 Å². The molecule has 0 saturated heterocycles. The van der Waals surface area contributed by atoms with Gasteiger partial charge in [0.1, 0.15) is 11.5 Å². The van der Waals surface area contributed by atoms with Crippen LogP contribution in [0, 0.1) is 0 Å². The number of esters is 1. The van der Waals surface area contributed by atoms with Crippen LogP contribution in [0.25, 0.3) is 11.1 Å². The summed E-state index contributed by atoms with van der Waals surface area (Å²) in [6.45, 7) is 2.15. The molecule has 0 fully saturated rings. The van der Waals surface area contributed by atoms with Crippen molar-refractivity contribution in [2.45, 2.75) is 6.92 Å². The highest BCUT2D eigenvalue weighted by Gasteiger charge is 2.14. The van der Waals surface area contributed by atoms with Crippen LogP contribution in [0.5, 0.6) is 11.5 Å². The molecule has 23 heavy (non-hydrogen) atoms. The zero-order valence-electron chi connectivity index (χ0n) is 12.8. The zero-order valence-corrected chi connectivity index (χ0v) is 12.8. The smallest absolute Gasteiger partial charge is 0.340 e. The molecule has 0 aliphatic heterocycles. The quantitative estimate of drug-likeness (QED) is 0.698. The third-order valence-corrected chi connectivity index (χ3v) is 3.39. The third kappa shape index (κ3) is 3.43. The number of nitrogens with one attached hydrogen (secondary N) is 1. The van der Waals surface area contributed by atoms with Gasteiger partial charge in [-0.3, -0.25) is 0 Å². The van der Waals surface area contributed by atoms with Crippen LogP contribution in [0.4, 0.5) is 0 Å². The number of hydrogen-bond acceptors (Lipinski definition) is 3. The molecule has 4 nitrogen and oxygen atoms in total. The van der Waals surface area contributed by atoms with Crippen molar-refractivity contribution in [3.63, 3.8) is 0 Å². The highest BCUT2D eigenvalue weighted by atomic mass is 16.5. The average Bonchev–Trinajstić information content (AvgIpc) is 3.06. The van der Waals surface area contributed by atoms with Gasteiger partial charge in [-0.1, -0.05) is 30.3 Å². The number of hydrogen-bond donors (Lipinski definition) is 1. The van der Waals surface area contributed by atoms with Crippen molar-refractivity contribution < 1.29 is 14.3 Å². The van der Waals surface area contributed by atoms with E-state index in [1.807, 2.05) is 54.6 Å². The molecule has 3 aromatic rings. The Hall–Kier alpha value is -3.01. The number of rotatable bonds is 5. The lowest BCUT2D eigenvalue weighted by atomic mass is 10.0. The normalized spacial score (nSPS) is 10.3. The summed E-state index contributed by atoms with van der Waals surface area (Å²) in [5.74, 6) is 1.20. The molecule has 0 bridgehead atoms. The van der Waals surface area contributed by atoms with Gasteiger partial charge in [0.25, 0.3) is 0 Å². The number of benzene rings is 2. The van der Waals surface area contributed by atoms with E-state index in [9.17, 15) is 4.79 Å². The van der Waals surface area contributed by atoms with E-state index in [1.165, 1.54) is 0 Å². The molecule has 4 heteroatoms. The summed E-state index contributed by atoms with van der Waals surface area (Å²) in [7, 11) is 0. The molecule has 0 aliphatic carbocycles. The maximum atomic E-state index is 11.9. The topological polar surface area (TPSA) is 51.3 Å². The minimum atomic E-state index is -0.326. The van der Waals surface area contributed by atoms with Crippen molar-refractivity contribution in [3.05, 3.63) is 72.6 Å². The van der Waals surface area contributed by atoms with Gasteiger partial charge in [-0.25, -0.2) is 4.79 Å². The van der Waals surface area contributed by atoms with Gasteiger partial charge in [-0.05, 0) is 36.8 Å². The van der Waals surface area contributed by atoms with Gasteiger partial charge in [0.2, 0.25) is 0 Å². The van der Waals surface area contributed by atoms with Crippen LogP contribution in [-0.2, 0) is 4.74 Å². The van der Waals surface area contributed by atoms with E-state index in [2.05, 4.69) is 4.98 Å². The van der Waals surface area contributed by atoms with E-state index in [0.29, 0.717) is 12.2 Å². The molecule has 3 rings (SSSR count). The SMILES string of the molecule is CCOC(=O)c1c[nH]cc1-c1ccc(Oc2ccccc2)cc1. The summed E-state index contributed by atoms with van der Waals surface area (Å²) in [6, 6.07) is 17.2.